The molecule has 2 aromatic carbocycles. The minimum Gasteiger partial charge on any atom is -0.478 e. The molecule has 0 aliphatic rings. The van der Waals surface area contributed by atoms with Crippen molar-refractivity contribution in [3.63, 3.8) is 0 Å². The lowest BCUT2D eigenvalue weighted by atomic mass is 10.0. The van der Waals surface area contributed by atoms with Crippen molar-refractivity contribution in [1.82, 2.24) is 9.66 Å². The molecule has 0 aliphatic heterocycles. The predicted molar refractivity (Wildman–Crippen MR) is 127 cm³/mol. The Bertz CT molecular complexity index is 1420. The highest BCUT2D eigenvalue weighted by atomic mass is 79.9. The van der Waals surface area contributed by atoms with Gasteiger partial charge in [0.2, 0.25) is 0 Å². The Balaban J connectivity index is 1.74. The molecule has 0 unspecified atom stereocenters. The fourth-order valence-corrected chi connectivity index (χ4v) is 3.88. The second kappa shape index (κ2) is 8.92. The zero-order valence-corrected chi connectivity index (χ0v) is 19.1. The van der Waals surface area contributed by atoms with E-state index in [1.807, 2.05) is 13.0 Å². The Morgan fingerprint density at radius 2 is 2.06 bits per heavy atom. The van der Waals surface area contributed by atoms with Crippen LogP contribution in [0.1, 0.15) is 40.9 Å². The van der Waals surface area contributed by atoms with Crippen molar-refractivity contribution in [2.75, 3.05) is 0 Å². The number of aryl methyl sites for hydroxylation is 1. The van der Waals surface area contributed by atoms with E-state index in [0.29, 0.717) is 45.8 Å². The number of carbonyl (C=O) groups is 1. The van der Waals surface area contributed by atoms with Gasteiger partial charge in [-0.1, -0.05) is 35.0 Å². The lowest BCUT2D eigenvalue weighted by Crippen LogP contribution is -2.22. The quantitative estimate of drug-likeness (QED) is 0.369. The van der Waals surface area contributed by atoms with Gasteiger partial charge in [-0.05, 0) is 55.3 Å². The summed E-state index contributed by atoms with van der Waals surface area (Å²) in [5, 5.41) is 14.2. The molecule has 0 atom stereocenters. The van der Waals surface area contributed by atoms with E-state index in [1.54, 1.807) is 49.4 Å². The van der Waals surface area contributed by atoms with Crippen LogP contribution in [0.5, 0.6) is 0 Å². The average molecular weight is 494 g/mol. The first kappa shape index (κ1) is 21.7. The van der Waals surface area contributed by atoms with Gasteiger partial charge in [0, 0.05) is 16.5 Å². The number of fused-ring (bicyclic) bond motifs is 1. The molecular formula is C24H20BrN3O4. The van der Waals surface area contributed by atoms with Gasteiger partial charge in [-0.15, -0.1) is 0 Å². The van der Waals surface area contributed by atoms with Crippen molar-refractivity contribution in [3.05, 3.63) is 86.1 Å². The first-order valence-electron chi connectivity index (χ1n) is 10.1. The van der Waals surface area contributed by atoms with E-state index in [1.165, 1.54) is 10.9 Å². The molecule has 4 rings (SSSR count). The van der Waals surface area contributed by atoms with Crippen molar-refractivity contribution < 1.29 is 14.3 Å². The summed E-state index contributed by atoms with van der Waals surface area (Å²) in [7, 11) is 0. The summed E-state index contributed by atoms with van der Waals surface area (Å²) in [5.41, 5.74) is 1.89. The van der Waals surface area contributed by atoms with Crippen molar-refractivity contribution >= 4 is 39.0 Å². The van der Waals surface area contributed by atoms with E-state index >= 15 is 0 Å². The molecule has 4 aromatic rings. The van der Waals surface area contributed by atoms with E-state index in [4.69, 9.17) is 4.42 Å². The smallest absolute Gasteiger partial charge is 0.335 e. The third kappa shape index (κ3) is 4.13. The van der Waals surface area contributed by atoms with Gasteiger partial charge in [0.1, 0.15) is 17.3 Å². The largest absolute Gasteiger partial charge is 0.478 e. The second-order valence-electron chi connectivity index (χ2n) is 7.29. The van der Waals surface area contributed by atoms with Crippen LogP contribution in [0.4, 0.5) is 0 Å². The molecule has 0 aliphatic carbocycles. The van der Waals surface area contributed by atoms with E-state index < -0.39 is 5.97 Å². The van der Waals surface area contributed by atoms with Gasteiger partial charge in [-0.25, -0.2) is 9.78 Å². The monoisotopic (exact) mass is 493 g/mol. The standard InChI is InChI=1S/C24H20BrN3O4/c1-3-5-22-27-20-10-8-15(25)12-19(20)23(29)28(22)26-13-16-9-11-21(32-16)17-6-4-7-18(14(17)2)24(30)31/h4,6-13H,3,5H2,1-2H3,(H,30,31). The fourth-order valence-electron chi connectivity index (χ4n) is 3.52. The van der Waals surface area contributed by atoms with E-state index in [0.717, 1.165) is 10.9 Å². The van der Waals surface area contributed by atoms with Crippen LogP contribution in [-0.4, -0.2) is 27.0 Å². The van der Waals surface area contributed by atoms with Crippen LogP contribution < -0.4 is 5.56 Å². The molecule has 1 N–H and O–H groups in total. The van der Waals surface area contributed by atoms with Gasteiger partial charge in [0.05, 0.1) is 22.7 Å². The molecule has 0 spiro atoms. The molecule has 0 fully saturated rings. The maximum Gasteiger partial charge on any atom is 0.335 e. The number of halogens is 1. The third-order valence-electron chi connectivity index (χ3n) is 5.11. The molecule has 32 heavy (non-hydrogen) atoms. The van der Waals surface area contributed by atoms with Crippen LogP contribution >= 0.6 is 15.9 Å². The summed E-state index contributed by atoms with van der Waals surface area (Å²) in [6.45, 7) is 3.75. The highest BCUT2D eigenvalue weighted by Gasteiger charge is 2.14. The molecule has 162 valence electrons. The summed E-state index contributed by atoms with van der Waals surface area (Å²) in [6, 6.07) is 13.9. The number of carboxylic acids is 1. The van der Waals surface area contributed by atoms with Crippen LogP contribution in [0.2, 0.25) is 0 Å². The van der Waals surface area contributed by atoms with Gasteiger partial charge in [0.25, 0.3) is 5.56 Å². The summed E-state index contributed by atoms with van der Waals surface area (Å²) in [4.78, 5) is 29.1. The van der Waals surface area contributed by atoms with Gasteiger partial charge in [-0.2, -0.15) is 9.78 Å². The molecule has 0 bridgehead atoms. The van der Waals surface area contributed by atoms with Gasteiger partial charge < -0.3 is 9.52 Å². The minimum absolute atomic E-state index is 0.221. The van der Waals surface area contributed by atoms with Gasteiger partial charge >= 0.3 is 5.97 Å². The lowest BCUT2D eigenvalue weighted by molar-refractivity contribution is 0.0696. The Kier molecular flexibility index (Phi) is 6.05. The Morgan fingerprint density at radius 1 is 1.25 bits per heavy atom. The summed E-state index contributed by atoms with van der Waals surface area (Å²) >= 11 is 3.39. The van der Waals surface area contributed by atoms with Crippen molar-refractivity contribution in [3.8, 4) is 11.3 Å². The van der Waals surface area contributed by atoms with E-state index in [9.17, 15) is 14.7 Å². The Morgan fingerprint density at radius 3 is 2.81 bits per heavy atom. The van der Waals surface area contributed by atoms with Crippen molar-refractivity contribution in [2.45, 2.75) is 26.7 Å². The van der Waals surface area contributed by atoms with Crippen LogP contribution in [0.15, 0.2) is 67.3 Å². The van der Waals surface area contributed by atoms with Crippen molar-refractivity contribution in [1.29, 1.82) is 0 Å². The number of aromatic nitrogens is 2. The maximum absolute atomic E-state index is 13.1. The summed E-state index contributed by atoms with van der Waals surface area (Å²) < 4.78 is 7.96. The molecule has 2 aromatic heterocycles. The number of rotatable bonds is 6. The molecule has 2 heterocycles. The second-order valence-corrected chi connectivity index (χ2v) is 8.20. The topological polar surface area (TPSA) is 97.7 Å². The van der Waals surface area contributed by atoms with E-state index in [-0.39, 0.29) is 11.1 Å². The van der Waals surface area contributed by atoms with Crippen molar-refractivity contribution in [2.24, 2.45) is 5.10 Å². The zero-order chi connectivity index (χ0) is 22.8. The maximum atomic E-state index is 13.1. The molecular weight excluding hydrogens is 474 g/mol. The number of furan rings is 1. The van der Waals surface area contributed by atoms with Crippen LogP contribution in [0.3, 0.4) is 0 Å². The van der Waals surface area contributed by atoms with Gasteiger partial charge in [-0.3, -0.25) is 4.79 Å². The third-order valence-corrected chi connectivity index (χ3v) is 5.60. The van der Waals surface area contributed by atoms with Gasteiger partial charge in [0.15, 0.2) is 0 Å². The summed E-state index contributed by atoms with van der Waals surface area (Å²) in [6.07, 6.45) is 2.88. The number of benzene rings is 2. The van der Waals surface area contributed by atoms with Crippen LogP contribution in [0.25, 0.3) is 22.2 Å². The highest BCUT2D eigenvalue weighted by molar-refractivity contribution is 9.10. The predicted octanol–water partition coefficient (Wildman–Crippen LogP) is 5.26. The Hall–Kier alpha value is -3.52. The minimum atomic E-state index is -0.990. The van der Waals surface area contributed by atoms with E-state index in [2.05, 4.69) is 26.0 Å². The number of hydrogen-bond acceptors (Lipinski definition) is 5. The first-order valence-corrected chi connectivity index (χ1v) is 10.9. The number of nitrogens with zero attached hydrogens (tertiary/aromatic N) is 3. The highest BCUT2D eigenvalue weighted by Crippen LogP contribution is 2.27. The molecule has 0 saturated heterocycles. The van der Waals surface area contributed by atoms with Crippen LogP contribution in [-0.2, 0) is 6.42 Å². The molecule has 8 heteroatoms. The molecule has 7 nitrogen and oxygen atoms in total. The molecule has 0 saturated carbocycles. The summed E-state index contributed by atoms with van der Waals surface area (Å²) in [5.74, 6) is 0.536. The number of carboxylic acid groups (broad SMARTS) is 1. The SMILES string of the molecule is CCCc1nc2ccc(Br)cc2c(=O)n1N=Cc1ccc(-c2cccc(C(=O)O)c2C)o1. The first-order chi connectivity index (χ1) is 15.4. The molecule has 0 amide bonds. The Labute approximate surface area is 192 Å². The number of hydrogen-bond donors (Lipinski definition) is 1. The fraction of sp³-hybridized carbons (Fsp3) is 0.167. The van der Waals surface area contributed by atoms with Crippen LogP contribution in [0, 0.1) is 6.92 Å². The molecule has 0 radical (unpaired) electrons. The lowest BCUT2D eigenvalue weighted by Gasteiger charge is -2.08. The zero-order valence-electron chi connectivity index (χ0n) is 17.5. The average Bonchev–Trinajstić information content (AvgIpc) is 3.23. The number of aromatic carboxylic acids is 1. The normalized spacial score (nSPS) is 11.5.